The maximum Gasteiger partial charge on any atom is 0.277 e. The van der Waals surface area contributed by atoms with Crippen molar-refractivity contribution in [2.24, 2.45) is 0 Å². The van der Waals surface area contributed by atoms with Gasteiger partial charge in [-0.2, -0.15) is 11.8 Å². The van der Waals surface area contributed by atoms with Crippen LogP contribution in [0.4, 0.5) is 0 Å². The number of hydrogen-bond acceptors (Lipinski definition) is 3. The maximum atomic E-state index is 12.2. The van der Waals surface area contributed by atoms with E-state index in [0.29, 0.717) is 13.2 Å². The number of hydroxylamine groups is 2. The zero-order valence-electron chi connectivity index (χ0n) is 10.0. The Balaban J connectivity index is 2.09. The van der Waals surface area contributed by atoms with Gasteiger partial charge in [0, 0.05) is 17.9 Å². The van der Waals surface area contributed by atoms with Crippen LogP contribution in [-0.2, 0) is 10.6 Å². The summed E-state index contributed by atoms with van der Waals surface area (Å²) in [6.07, 6.45) is 4.12. The van der Waals surface area contributed by atoms with E-state index in [1.807, 2.05) is 24.3 Å². The SMILES string of the molecule is CSCc1cccc(C(=O)N2CCCCO2)c1. The van der Waals surface area contributed by atoms with E-state index in [4.69, 9.17) is 4.84 Å². The second-order valence-electron chi connectivity index (χ2n) is 4.08. The Labute approximate surface area is 106 Å². The smallest absolute Gasteiger partial charge is 0.271 e. The summed E-state index contributed by atoms with van der Waals surface area (Å²) < 4.78 is 0. The number of carbonyl (C=O) groups is 1. The highest BCUT2D eigenvalue weighted by Gasteiger charge is 2.19. The second-order valence-corrected chi connectivity index (χ2v) is 4.95. The summed E-state index contributed by atoms with van der Waals surface area (Å²) in [6, 6.07) is 7.79. The minimum Gasteiger partial charge on any atom is -0.271 e. The summed E-state index contributed by atoms with van der Waals surface area (Å²) in [4.78, 5) is 17.5. The summed E-state index contributed by atoms with van der Waals surface area (Å²) in [5, 5.41) is 1.49. The molecule has 1 aliphatic rings. The van der Waals surface area contributed by atoms with Crippen molar-refractivity contribution >= 4 is 17.7 Å². The molecule has 0 atom stereocenters. The van der Waals surface area contributed by atoms with Crippen LogP contribution in [0.2, 0.25) is 0 Å². The monoisotopic (exact) mass is 251 g/mol. The molecule has 0 N–H and O–H groups in total. The molecule has 0 bridgehead atoms. The van der Waals surface area contributed by atoms with Gasteiger partial charge in [0.2, 0.25) is 0 Å². The lowest BCUT2D eigenvalue weighted by Gasteiger charge is -2.25. The number of hydrogen-bond donors (Lipinski definition) is 0. The standard InChI is InChI=1S/C13H17NO2S/c1-17-10-11-5-4-6-12(9-11)13(15)14-7-2-3-8-16-14/h4-6,9H,2-3,7-8,10H2,1H3. The highest BCUT2D eigenvalue weighted by Crippen LogP contribution is 2.15. The van der Waals surface area contributed by atoms with Gasteiger partial charge in [0.25, 0.3) is 5.91 Å². The fourth-order valence-corrected chi connectivity index (χ4v) is 2.37. The third kappa shape index (κ3) is 3.23. The van der Waals surface area contributed by atoms with Crippen LogP contribution in [0.3, 0.4) is 0 Å². The van der Waals surface area contributed by atoms with E-state index >= 15 is 0 Å². The minimum absolute atomic E-state index is 0.0207. The predicted octanol–water partition coefficient (Wildman–Crippen LogP) is 2.72. The predicted molar refractivity (Wildman–Crippen MR) is 69.9 cm³/mol. The van der Waals surface area contributed by atoms with Crippen LogP contribution >= 0.6 is 11.8 Å². The van der Waals surface area contributed by atoms with Crippen LogP contribution in [0.25, 0.3) is 0 Å². The number of amides is 1. The van der Waals surface area contributed by atoms with E-state index in [9.17, 15) is 4.79 Å². The molecule has 0 aliphatic carbocycles. The Morgan fingerprint density at radius 1 is 1.47 bits per heavy atom. The first kappa shape index (κ1) is 12.5. The van der Waals surface area contributed by atoms with Crippen molar-refractivity contribution in [3.63, 3.8) is 0 Å². The molecule has 2 rings (SSSR count). The van der Waals surface area contributed by atoms with E-state index in [1.165, 1.54) is 10.6 Å². The van der Waals surface area contributed by atoms with Crippen molar-refractivity contribution in [2.45, 2.75) is 18.6 Å². The summed E-state index contributed by atoms with van der Waals surface area (Å²) in [6.45, 7) is 1.35. The number of thioether (sulfide) groups is 1. The number of carbonyl (C=O) groups excluding carboxylic acids is 1. The van der Waals surface area contributed by atoms with Gasteiger partial charge < -0.3 is 0 Å². The van der Waals surface area contributed by atoms with Gasteiger partial charge in [-0.1, -0.05) is 12.1 Å². The number of benzene rings is 1. The highest BCUT2D eigenvalue weighted by molar-refractivity contribution is 7.97. The van der Waals surface area contributed by atoms with Crippen molar-refractivity contribution < 1.29 is 9.63 Å². The van der Waals surface area contributed by atoms with E-state index in [-0.39, 0.29) is 5.91 Å². The Hall–Kier alpha value is -1.00. The van der Waals surface area contributed by atoms with Gasteiger partial charge in [-0.15, -0.1) is 0 Å². The molecule has 1 aromatic carbocycles. The molecule has 0 saturated carbocycles. The molecule has 1 saturated heterocycles. The van der Waals surface area contributed by atoms with Crippen molar-refractivity contribution in [2.75, 3.05) is 19.4 Å². The molecule has 0 unspecified atom stereocenters. The third-order valence-corrected chi connectivity index (χ3v) is 3.34. The normalized spacial score (nSPS) is 15.9. The Morgan fingerprint density at radius 2 is 2.35 bits per heavy atom. The molecule has 17 heavy (non-hydrogen) atoms. The van der Waals surface area contributed by atoms with Crippen molar-refractivity contribution in [1.82, 2.24) is 5.06 Å². The average molecular weight is 251 g/mol. The molecule has 0 radical (unpaired) electrons. The zero-order chi connectivity index (χ0) is 12.1. The Kier molecular flexibility index (Phi) is 4.45. The third-order valence-electron chi connectivity index (χ3n) is 2.71. The second kappa shape index (κ2) is 6.07. The molecule has 92 valence electrons. The summed E-state index contributed by atoms with van der Waals surface area (Å²) in [5.74, 6) is 0.912. The molecule has 1 amide bonds. The van der Waals surface area contributed by atoms with Gasteiger partial charge in [0.1, 0.15) is 0 Å². The molecule has 1 aromatic rings. The molecule has 1 fully saturated rings. The van der Waals surface area contributed by atoms with Crippen LogP contribution in [0, 0.1) is 0 Å². The molecule has 0 aromatic heterocycles. The van der Waals surface area contributed by atoms with Gasteiger partial charge in [0.15, 0.2) is 0 Å². The van der Waals surface area contributed by atoms with E-state index in [2.05, 4.69) is 6.26 Å². The van der Waals surface area contributed by atoms with Crippen LogP contribution in [0.15, 0.2) is 24.3 Å². The highest BCUT2D eigenvalue weighted by atomic mass is 32.2. The van der Waals surface area contributed by atoms with Crippen LogP contribution in [0.1, 0.15) is 28.8 Å². The van der Waals surface area contributed by atoms with E-state index in [0.717, 1.165) is 24.2 Å². The molecular formula is C13H17NO2S. The summed E-state index contributed by atoms with van der Waals surface area (Å²) in [7, 11) is 0. The molecule has 1 aliphatic heterocycles. The Bertz CT molecular complexity index is 389. The summed E-state index contributed by atoms with van der Waals surface area (Å²) >= 11 is 1.75. The van der Waals surface area contributed by atoms with Gasteiger partial charge in [-0.25, -0.2) is 5.06 Å². The van der Waals surface area contributed by atoms with Gasteiger partial charge in [0.05, 0.1) is 6.61 Å². The molecule has 1 heterocycles. The van der Waals surface area contributed by atoms with Gasteiger partial charge >= 0.3 is 0 Å². The molecule has 4 heteroatoms. The first-order valence-electron chi connectivity index (χ1n) is 5.84. The largest absolute Gasteiger partial charge is 0.277 e. The maximum absolute atomic E-state index is 12.2. The van der Waals surface area contributed by atoms with Gasteiger partial charge in [-0.05, 0) is 36.8 Å². The first-order valence-corrected chi connectivity index (χ1v) is 7.23. The minimum atomic E-state index is -0.0207. The fourth-order valence-electron chi connectivity index (χ4n) is 1.86. The van der Waals surface area contributed by atoms with Crippen LogP contribution in [-0.4, -0.2) is 30.4 Å². The first-order chi connectivity index (χ1) is 8.31. The molecular weight excluding hydrogens is 234 g/mol. The lowest BCUT2D eigenvalue weighted by atomic mass is 10.1. The lowest BCUT2D eigenvalue weighted by molar-refractivity contribution is -0.144. The van der Waals surface area contributed by atoms with E-state index in [1.54, 1.807) is 11.8 Å². The topological polar surface area (TPSA) is 29.5 Å². The number of nitrogens with zero attached hydrogens (tertiary/aromatic N) is 1. The lowest BCUT2D eigenvalue weighted by Crippen LogP contribution is -2.35. The van der Waals surface area contributed by atoms with E-state index < -0.39 is 0 Å². The quantitative estimate of drug-likeness (QED) is 0.827. The Morgan fingerprint density at radius 3 is 3.06 bits per heavy atom. The number of rotatable bonds is 3. The molecule has 3 nitrogen and oxygen atoms in total. The fraction of sp³-hybridized carbons (Fsp3) is 0.462. The molecule has 0 spiro atoms. The van der Waals surface area contributed by atoms with Crippen molar-refractivity contribution in [3.05, 3.63) is 35.4 Å². The summed E-state index contributed by atoms with van der Waals surface area (Å²) in [5.41, 5.74) is 1.90. The zero-order valence-corrected chi connectivity index (χ0v) is 10.8. The van der Waals surface area contributed by atoms with Crippen LogP contribution in [0.5, 0.6) is 0 Å². The average Bonchev–Trinajstić information content (AvgIpc) is 2.40. The van der Waals surface area contributed by atoms with Crippen molar-refractivity contribution in [1.29, 1.82) is 0 Å². The van der Waals surface area contributed by atoms with Crippen molar-refractivity contribution in [3.8, 4) is 0 Å². The van der Waals surface area contributed by atoms with Crippen LogP contribution < -0.4 is 0 Å². The van der Waals surface area contributed by atoms with Gasteiger partial charge in [-0.3, -0.25) is 9.63 Å².